The molecule has 9 aliphatic rings. The lowest BCUT2D eigenvalue weighted by Gasteiger charge is -2.60. The van der Waals surface area contributed by atoms with Crippen molar-refractivity contribution in [1.82, 2.24) is 5.32 Å². The van der Waals surface area contributed by atoms with Crippen LogP contribution in [0.25, 0.3) is 0 Å². The molecule has 0 radical (unpaired) electrons. The summed E-state index contributed by atoms with van der Waals surface area (Å²) in [5.74, 6) is 2.39. The van der Waals surface area contributed by atoms with Gasteiger partial charge in [0, 0.05) is 17.9 Å². The number of hydrogen-bond donors (Lipinski definition) is 13. The van der Waals surface area contributed by atoms with Gasteiger partial charge >= 0.3 is 0 Å². The highest BCUT2D eigenvalue weighted by atomic mass is 16.8. The molecule has 0 aromatic carbocycles. The van der Waals surface area contributed by atoms with Crippen LogP contribution in [0, 0.1) is 40.4 Å². The molecule has 3 aliphatic carbocycles. The van der Waals surface area contributed by atoms with Crippen molar-refractivity contribution in [2.45, 2.75) is 220 Å². The van der Waals surface area contributed by atoms with E-state index in [1.54, 1.807) is 0 Å². The minimum absolute atomic E-state index is 0.0733. The third kappa shape index (κ3) is 9.39. The standard InChI is InChI=1S/C47H79NO21/c1-19-7-12-47(48-14-19)20(2)45(3)11-9-24-23(40(45)69-47)6-5-21-13-22(8-10-46(21,24)4)62-41-35(59)33(57)37(28(17-51)65-41)66-43-36(60)38(31(55)27(16-50)64-43)67-44-39(29(53)25(52)18-61-44)68-42-34(58)32(56)30(54)26(15-49)63-42/h19-44,48-60H,5-18H2,1-4H3/t19?,20?,21?,22?,23?,24?,25?,26?,27?,28-,29+,30?,31-,32?,33?,34?,35?,36?,37-,38+,39-,40?,41-,42+,43-,44?,45+,46+,47-/m0/s1. The lowest BCUT2D eigenvalue weighted by molar-refractivity contribution is -0.390. The van der Waals surface area contributed by atoms with Crippen LogP contribution in [-0.4, -0.2) is 229 Å². The second-order valence-corrected chi connectivity index (χ2v) is 22.5. The van der Waals surface area contributed by atoms with Gasteiger partial charge in [-0.25, -0.2) is 0 Å². The Hall–Kier alpha value is -0.880. The smallest absolute Gasteiger partial charge is 0.187 e. The highest BCUT2D eigenvalue weighted by Crippen LogP contribution is 2.67. The minimum Gasteiger partial charge on any atom is -0.394 e. The predicted molar refractivity (Wildman–Crippen MR) is 233 cm³/mol. The van der Waals surface area contributed by atoms with Crippen LogP contribution >= 0.6 is 0 Å². The first kappa shape index (κ1) is 53.0. The second kappa shape index (κ2) is 20.7. The Balaban J connectivity index is 0.829. The van der Waals surface area contributed by atoms with Crippen molar-refractivity contribution >= 4 is 0 Å². The van der Waals surface area contributed by atoms with Gasteiger partial charge in [0.2, 0.25) is 0 Å². The van der Waals surface area contributed by atoms with Gasteiger partial charge in [0.15, 0.2) is 25.2 Å². The van der Waals surface area contributed by atoms with Crippen LogP contribution in [0.4, 0.5) is 0 Å². The molecule has 6 heterocycles. The van der Waals surface area contributed by atoms with Gasteiger partial charge in [0.25, 0.3) is 0 Å². The van der Waals surface area contributed by atoms with Gasteiger partial charge < -0.3 is 104 Å². The molecule has 29 atom stereocenters. The van der Waals surface area contributed by atoms with E-state index in [0.29, 0.717) is 36.0 Å². The lowest BCUT2D eigenvalue weighted by atomic mass is 9.46. The fourth-order valence-electron chi connectivity index (χ4n) is 14.1. The van der Waals surface area contributed by atoms with Gasteiger partial charge in [0.1, 0.15) is 97.3 Å². The van der Waals surface area contributed by atoms with Gasteiger partial charge in [-0.15, -0.1) is 0 Å². The maximum atomic E-state index is 11.6. The van der Waals surface area contributed by atoms with Crippen LogP contribution in [0.3, 0.4) is 0 Å². The fourth-order valence-corrected chi connectivity index (χ4v) is 14.1. The van der Waals surface area contributed by atoms with Gasteiger partial charge in [-0.05, 0) is 86.9 Å². The maximum absolute atomic E-state index is 11.6. The first-order valence-corrected chi connectivity index (χ1v) is 25.4. The second-order valence-electron chi connectivity index (χ2n) is 22.5. The molecule has 22 nitrogen and oxygen atoms in total. The Bertz CT molecular complexity index is 1710. The molecule has 9 fully saturated rings. The SMILES string of the molecule is CC1CC[C@]2(NC1)OC1C3CCC4CC(O[C@H]5O[C@@H](CO)[C@H](O[C@@H]6OC(CO)[C@H](O)[C@@H](OC7OCC(O)[C@@H](O)[C@@H]7O[C@H]7OC(CO)C(O)C(O)C7O)C6O)C(O)C5O)CC[C@@]4(C)C3CC[C@]1(C)C2C. The van der Waals surface area contributed by atoms with E-state index >= 15 is 0 Å². The molecule has 6 aliphatic heterocycles. The highest BCUT2D eigenvalue weighted by Gasteiger charge is 2.67. The number of rotatable bonds is 11. The van der Waals surface area contributed by atoms with E-state index in [2.05, 4.69) is 33.0 Å². The van der Waals surface area contributed by atoms with E-state index in [-0.39, 0.29) is 28.8 Å². The van der Waals surface area contributed by atoms with E-state index in [0.717, 1.165) is 51.5 Å². The third-order valence-corrected chi connectivity index (χ3v) is 18.6. The maximum Gasteiger partial charge on any atom is 0.187 e. The molecule has 3 saturated carbocycles. The zero-order valence-corrected chi connectivity index (χ0v) is 40.0. The molecular formula is C47H79NO21. The summed E-state index contributed by atoms with van der Waals surface area (Å²) in [4.78, 5) is 0. The van der Waals surface area contributed by atoms with Gasteiger partial charge in [-0.1, -0.05) is 27.7 Å². The summed E-state index contributed by atoms with van der Waals surface area (Å²) in [6.07, 6.45) is -23.4. The average Bonchev–Trinajstić information content (AvgIpc) is 3.56. The fraction of sp³-hybridized carbons (Fsp3) is 1.00. The topological polar surface area (TPSA) is 338 Å². The highest BCUT2D eigenvalue weighted by molar-refractivity contribution is 5.14. The van der Waals surface area contributed by atoms with Crippen molar-refractivity contribution < 1.29 is 104 Å². The Labute approximate surface area is 402 Å². The molecule has 6 saturated heterocycles. The Morgan fingerprint density at radius 2 is 1.16 bits per heavy atom. The Morgan fingerprint density at radius 1 is 0.551 bits per heavy atom. The third-order valence-electron chi connectivity index (χ3n) is 18.6. The monoisotopic (exact) mass is 994 g/mol. The van der Waals surface area contributed by atoms with Crippen molar-refractivity contribution in [3.05, 3.63) is 0 Å². The van der Waals surface area contributed by atoms with Crippen LogP contribution in [-0.2, 0) is 42.6 Å². The molecule has 17 unspecified atom stereocenters. The Morgan fingerprint density at radius 3 is 1.84 bits per heavy atom. The molecule has 0 amide bonds. The van der Waals surface area contributed by atoms with E-state index in [9.17, 15) is 61.3 Å². The number of ether oxygens (including phenoxy) is 9. The van der Waals surface area contributed by atoms with Crippen LogP contribution in [0.2, 0.25) is 0 Å². The van der Waals surface area contributed by atoms with E-state index in [4.69, 9.17) is 42.6 Å². The summed E-state index contributed by atoms with van der Waals surface area (Å²) in [7, 11) is 0. The molecule has 22 heteroatoms. The van der Waals surface area contributed by atoms with E-state index in [1.165, 1.54) is 6.42 Å². The average molecular weight is 994 g/mol. The molecule has 69 heavy (non-hydrogen) atoms. The van der Waals surface area contributed by atoms with Crippen LogP contribution < -0.4 is 5.32 Å². The van der Waals surface area contributed by atoms with Crippen molar-refractivity contribution in [2.75, 3.05) is 33.0 Å². The van der Waals surface area contributed by atoms with Gasteiger partial charge in [0.05, 0.1) is 38.6 Å². The number of piperidine rings is 1. The molecule has 9 rings (SSSR count). The number of aliphatic hydroxyl groups excluding tert-OH is 12. The molecule has 0 aromatic rings. The first-order chi connectivity index (χ1) is 32.8. The quantitative estimate of drug-likeness (QED) is 0.0901. The lowest BCUT2D eigenvalue weighted by Crippen LogP contribution is -2.67. The largest absolute Gasteiger partial charge is 0.394 e. The summed E-state index contributed by atoms with van der Waals surface area (Å²) in [5, 5.41) is 133. The summed E-state index contributed by atoms with van der Waals surface area (Å²) in [6, 6.07) is 0. The number of nitrogens with one attached hydrogen (secondary N) is 1. The first-order valence-electron chi connectivity index (χ1n) is 25.4. The van der Waals surface area contributed by atoms with Crippen LogP contribution in [0.15, 0.2) is 0 Å². The van der Waals surface area contributed by atoms with Crippen molar-refractivity contribution in [1.29, 1.82) is 0 Å². The zero-order valence-electron chi connectivity index (χ0n) is 40.0. The molecule has 13 N–H and O–H groups in total. The van der Waals surface area contributed by atoms with E-state index in [1.807, 2.05) is 0 Å². The zero-order chi connectivity index (χ0) is 49.5. The van der Waals surface area contributed by atoms with Crippen molar-refractivity contribution in [3.63, 3.8) is 0 Å². The van der Waals surface area contributed by atoms with Crippen molar-refractivity contribution in [2.24, 2.45) is 40.4 Å². The van der Waals surface area contributed by atoms with Gasteiger partial charge in [-0.2, -0.15) is 0 Å². The molecule has 398 valence electrons. The summed E-state index contributed by atoms with van der Waals surface area (Å²) >= 11 is 0. The number of aliphatic hydroxyl groups is 12. The number of fused-ring (bicyclic) bond motifs is 5. The minimum atomic E-state index is -1.97. The van der Waals surface area contributed by atoms with Crippen LogP contribution in [0.1, 0.15) is 85.5 Å². The number of hydrogen-bond acceptors (Lipinski definition) is 22. The predicted octanol–water partition coefficient (Wildman–Crippen LogP) is -3.33. The van der Waals surface area contributed by atoms with Gasteiger partial charge in [-0.3, -0.25) is 5.32 Å². The molecular weight excluding hydrogens is 915 g/mol. The Kier molecular flexibility index (Phi) is 15.9. The van der Waals surface area contributed by atoms with Crippen molar-refractivity contribution in [3.8, 4) is 0 Å². The van der Waals surface area contributed by atoms with E-state index < -0.39 is 143 Å². The molecule has 0 aromatic heterocycles. The molecule has 0 bridgehead atoms. The summed E-state index contributed by atoms with van der Waals surface area (Å²) in [6.45, 7) is 7.66. The summed E-state index contributed by atoms with van der Waals surface area (Å²) < 4.78 is 54.1. The summed E-state index contributed by atoms with van der Waals surface area (Å²) in [5.41, 5.74) is -0.0788. The molecule has 1 spiro atoms. The van der Waals surface area contributed by atoms with Crippen LogP contribution in [0.5, 0.6) is 0 Å². The normalized spacial score (nSPS) is 56.9.